The highest BCUT2D eigenvalue weighted by Gasteiger charge is 2.20. The lowest BCUT2D eigenvalue weighted by Gasteiger charge is -2.25. The summed E-state index contributed by atoms with van der Waals surface area (Å²) in [4.78, 5) is 0. The number of hydrogen-bond donors (Lipinski definition) is 1. The molecule has 1 unspecified atom stereocenters. The maximum atomic E-state index is 12.5. The summed E-state index contributed by atoms with van der Waals surface area (Å²) in [5.74, 6) is 0.266. The molecule has 20 heavy (non-hydrogen) atoms. The van der Waals surface area contributed by atoms with Crippen LogP contribution in [0.25, 0.3) is 0 Å². The first-order chi connectivity index (χ1) is 9.33. The van der Waals surface area contributed by atoms with Crippen LogP contribution in [0.5, 0.6) is 5.75 Å². The van der Waals surface area contributed by atoms with Crippen molar-refractivity contribution in [2.24, 2.45) is 5.41 Å². The van der Waals surface area contributed by atoms with Crippen molar-refractivity contribution in [3.63, 3.8) is 0 Å². The molecule has 1 N–H and O–H groups in total. The molecule has 2 nitrogen and oxygen atoms in total. The van der Waals surface area contributed by atoms with E-state index in [1.807, 2.05) is 19.1 Å². The first-order valence-corrected chi connectivity index (χ1v) is 7.10. The molecule has 0 aromatic heterocycles. The fraction of sp³-hybridized carbons (Fsp3) is 0.625. The number of rotatable bonds is 7. The summed E-state index contributed by atoms with van der Waals surface area (Å²) in [5.41, 5.74) is 1.02. The van der Waals surface area contributed by atoms with Crippen LogP contribution in [-0.2, 0) is 0 Å². The summed E-state index contributed by atoms with van der Waals surface area (Å²) >= 11 is 0. The highest BCUT2D eigenvalue weighted by molar-refractivity contribution is 5.36. The predicted molar refractivity (Wildman–Crippen MR) is 78.2 cm³/mol. The highest BCUT2D eigenvalue weighted by atomic mass is 19.3. The predicted octanol–water partition coefficient (Wildman–Crippen LogP) is 4.76. The van der Waals surface area contributed by atoms with Gasteiger partial charge in [0, 0.05) is 11.6 Å². The minimum atomic E-state index is -2.79. The Morgan fingerprint density at radius 1 is 1.20 bits per heavy atom. The van der Waals surface area contributed by atoms with Crippen LogP contribution in [0.2, 0.25) is 0 Å². The van der Waals surface area contributed by atoms with Crippen molar-refractivity contribution in [2.75, 3.05) is 6.54 Å². The molecule has 4 heteroatoms. The minimum absolute atomic E-state index is 0.0363. The minimum Gasteiger partial charge on any atom is -0.434 e. The van der Waals surface area contributed by atoms with Crippen LogP contribution in [0.4, 0.5) is 8.78 Å². The molecule has 0 aliphatic heterocycles. The molecule has 0 fully saturated rings. The second kappa shape index (κ2) is 7.58. The van der Waals surface area contributed by atoms with Crippen LogP contribution in [0.3, 0.4) is 0 Å². The Kier molecular flexibility index (Phi) is 6.40. The Bertz CT molecular complexity index is 402. The number of para-hydroxylation sites is 1. The molecular weight excluding hydrogens is 260 g/mol. The van der Waals surface area contributed by atoms with Gasteiger partial charge in [0.1, 0.15) is 5.75 Å². The Balaban J connectivity index is 2.90. The second-order valence-corrected chi connectivity index (χ2v) is 6.13. The van der Waals surface area contributed by atoms with E-state index >= 15 is 0 Å². The summed E-state index contributed by atoms with van der Waals surface area (Å²) in [6, 6.07) is 7.06. The van der Waals surface area contributed by atoms with Gasteiger partial charge < -0.3 is 10.1 Å². The van der Waals surface area contributed by atoms with Crippen LogP contribution in [0.15, 0.2) is 24.3 Å². The van der Waals surface area contributed by atoms with E-state index < -0.39 is 6.61 Å². The first kappa shape index (κ1) is 16.9. The van der Waals surface area contributed by atoms with Crippen molar-refractivity contribution in [1.29, 1.82) is 0 Å². The monoisotopic (exact) mass is 285 g/mol. The molecule has 0 radical (unpaired) electrons. The van der Waals surface area contributed by atoms with Crippen LogP contribution < -0.4 is 10.1 Å². The van der Waals surface area contributed by atoms with Crippen molar-refractivity contribution in [3.8, 4) is 5.75 Å². The van der Waals surface area contributed by atoms with Gasteiger partial charge in [0.2, 0.25) is 0 Å². The fourth-order valence-electron chi connectivity index (χ4n) is 2.16. The van der Waals surface area contributed by atoms with Crippen LogP contribution in [0, 0.1) is 5.41 Å². The summed E-state index contributed by atoms with van der Waals surface area (Å²) in [5, 5.41) is 3.36. The summed E-state index contributed by atoms with van der Waals surface area (Å²) < 4.78 is 29.6. The molecule has 1 aromatic carbocycles. The third-order valence-electron chi connectivity index (χ3n) is 3.14. The first-order valence-electron chi connectivity index (χ1n) is 7.10. The van der Waals surface area contributed by atoms with Gasteiger partial charge in [-0.3, -0.25) is 0 Å². The molecule has 0 bridgehead atoms. The third-order valence-corrected chi connectivity index (χ3v) is 3.14. The third kappa shape index (κ3) is 5.87. The SMILES string of the molecule is CCNC(CCC(C)(C)C)c1ccccc1OC(F)F. The summed E-state index contributed by atoms with van der Waals surface area (Å²) in [6.07, 6.45) is 1.90. The number of ether oxygens (including phenoxy) is 1. The summed E-state index contributed by atoms with van der Waals surface area (Å²) in [7, 11) is 0. The van der Waals surface area contributed by atoms with Crippen molar-refractivity contribution in [1.82, 2.24) is 5.32 Å². The number of hydrogen-bond acceptors (Lipinski definition) is 2. The highest BCUT2D eigenvalue weighted by Crippen LogP contribution is 2.32. The fourth-order valence-corrected chi connectivity index (χ4v) is 2.16. The van der Waals surface area contributed by atoms with Gasteiger partial charge in [-0.1, -0.05) is 45.9 Å². The molecule has 0 spiro atoms. The molecule has 0 heterocycles. The van der Waals surface area contributed by atoms with E-state index in [9.17, 15) is 8.78 Å². The Hall–Kier alpha value is -1.16. The van der Waals surface area contributed by atoms with E-state index in [4.69, 9.17) is 0 Å². The Morgan fingerprint density at radius 2 is 1.85 bits per heavy atom. The Morgan fingerprint density at radius 3 is 2.40 bits per heavy atom. The molecule has 1 rings (SSSR count). The smallest absolute Gasteiger partial charge is 0.387 e. The quantitative estimate of drug-likeness (QED) is 0.779. The maximum absolute atomic E-state index is 12.5. The van der Waals surface area contributed by atoms with Gasteiger partial charge >= 0.3 is 6.61 Å². The molecule has 0 saturated carbocycles. The van der Waals surface area contributed by atoms with E-state index in [2.05, 4.69) is 30.8 Å². The number of nitrogens with one attached hydrogen (secondary N) is 1. The van der Waals surface area contributed by atoms with Gasteiger partial charge in [0.15, 0.2) is 0 Å². The molecule has 1 aromatic rings. The molecule has 0 aliphatic carbocycles. The van der Waals surface area contributed by atoms with Gasteiger partial charge in [-0.2, -0.15) is 8.78 Å². The van der Waals surface area contributed by atoms with Crippen LogP contribution in [-0.4, -0.2) is 13.2 Å². The average molecular weight is 285 g/mol. The topological polar surface area (TPSA) is 21.3 Å². The molecule has 0 saturated heterocycles. The van der Waals surface area contributed by atoms with Crippen molar-refractivity contribution < 1.29 is 13.5 Å². The lowest BCUT2D eigenvalue weighted by molar-refractivity contribution is -0.0507. The Labute approximate surface area is 120 Å². The van der Waals surface area contributed by atoms with Crippen molar-refractivity contribution >= 4 is 0 Å². The molecule has 0 aliphatic rings. The maximum Gasteiger partial charge on any atom is 0.387 e. The second-order valence-electron chi connectivity index (χ2n) is 6.13. The van der Waals surface area contributed by atoms with Crippen molar-refractivity contribution in [2.45, 2.75) is 53.2 Å². The lowest BCUT2D eigenvalue weighted by atomic mass is 9.87. The average Bonchev–Trinajstić information content (AvgIpc) is 2.33. The standard InChI is InChI=1S/C16H25F2NO/c1-5-19-13(10-11-16(2,3)4)12-8-6-7-9-14(12)20-15(17)18/h6-9,13,15,19H,5,10-11H2,1-4H3. The van der Waals surface area contributed by atoms with Crippen molar-refractivity contribution in [3.05, 3.63) is 29.8 Å². The molecule has 1 atom stereocenters. The zero-order valence-electron chi connectivity index (χ0n) is 12.7. The number of benzene rings is 1. The summed E-state index contributed by atoms with van der Waals surface area (Å²) in [6.45, 7) is 6.55. The van der Waals surface area contributed by atoms with E-state index in [1.54, 1.807) is 12.1 Å². The molecule has 114 valence electrons. The van der Waals surface area contributed by atoms with Gasteiger partial charge in [-0.05, 0) is 30.9 Å². The van der Waals surface area contributed by atoms with E-state index in [0.29, 0.717) is 0 Å². The van der Waals surface area contributed by atoms with Crippen LogP contribution in [0.1, 0.15) is 52.1 Å². The number of halogens is 2. The number of alkyl halides is 2. The normalized spacial score (nSPS) is 13.6. The molecule has 0 amide bonds. The van der Waals surface area contributed by atoms with E-state index in [-0.39, 0.29) is 17.2 Å². The van der Waals surface area contributed by atoms with Gasteiger partial charge in [-0.15, -0.1) is 0 Å². The zero-order valence-corrected chi connectivity index (χ0v) is 12.7. The van der Waals surface area contributed by atoms with Gasteiger partial charge in [0.25, 0.3) is 0 Å². The van der Waals surface area contributed by atoms with E-state index in [0.717, 1.165) is 24.9 Å². The molecular formula is C16H25F2NO. The largest absolute Gasteiger partial charge is 0.434 e. The zero-order chi connectivity index (χ0) is 15.2. The van der Waals surface area contributed by atoms with Crippen LogP contribution >= 0.6 is 0 Å². The van der Waals surface area contributed by atoms with Gasteiger partial charge in [0.05, 0.1) is 0 Å². The van der Waals surface area contributed by atoms with E-state index in [1.165, 1.54) is 0 Å². The lowest BCUT2D eigenvalue weighted by Crippen LogP contribution is -2.23. The van der Waals surface area contributed by atoms with Gasteiger partial charge in [-0.25, -0.2) is 0 Å².